The standard InChI is InChI=1S/C20H27F3N4O3/c21-20(22,23)13-5-6-17(27-7-9-30-10-8-27)16(11-13)26-18(28)12-25-15-4-2-1-3-14(15)19(24)29/h5-6,11,14-15,25H,1-4,7-10,12H2,(H2,24,29)(H,26,28)/t14-,15+/m0/s1. The molecule has 2 aliphatic rings. The number of hydrogen-bond donors (Lipinski definition) is 3. The van der Waals surface area contributed by atoms with Crippen molar-refractivity contribution in [2.45, 2.75) is 37.9 Å². The van der Waals surface area contributed by atoms with E-state index in [1.807, 2.05) is 4.90 Å². The highest BCUT2D eigenvalue weighted by Crippen LogP contribution is 2.35. The Hall–Kier alpha value is -2.33. The van der Waals surface area contributed by atoms with Crippen molar-refractivity contribution in [3.63, 3.8) is 0 Å². The van der Waals surface area contributed by atoms with Crippen LogP contribution in [0.4, 0.5) is 24.5 Å². The number of amides is 2. The van der Waals surface area contributed by atoms with Gasteiger partial charge in [0.05, 0.1) is 42.6 Å². The van der Waals surface area contributed by atoms with Gasteiger partial charge in [0, 0.05) is 19.1 Å². The molecule has 0 radical (unpaired) electrons. The van der Waals surface area contributed by atoms with Crippen LogP contribution in [0.2, 0.25) is 0 Å². The number of halogens is 3. The van der Waals surface area contributed by atoms with E-state index in [2.05, 4.69) is 10.6 Å². The van der Waals surface area contributed by atoms with Crippen molar-refractivity contribution in [2.24, 2.45) is 11.7 Å². The molecule has 0 aromatic heterocycles. The summed E-state index contributed by atoms with van der Waals surface area (Å²) in [6.45, 7) is 1.86. The quantitative estimate of drug-likeness (QED) is 0.645. The number of morpholine rings is 1. The van der Waals surface area contributed by atoms with Crippen LogP contribution in [0.5, 0.6) is 0 Å². The zero-order chi connectivity index (χ0) is 21.7. The number of rotatable bonds is 6. The normalized spacial score (nSPS) is 22.6. The maximum Gasteiger partial charge on any atom is 0.416 e. The third-order valence-corrected chi connectivity index (χ3v) is 5.61. The lowest BCUT2D eigenvalue weighted by Gasteiger charge is -2.31. The van der Waals surface area contributed by atoms with Gasteiger partial charge < -0.3 is 26.0 Å². The molecule has 4 N–H and O–H groups in total. The maximum absolute atomic E-state index is 13.2. The number of hydrogen-bond acceptors (Lipinski definition) is 5. The van der Waals surface area contributed by atoms with Gasteiger partial charge in [0.1, 0.15) is 0 Å². The minimum absolute atomic E-state index is 0.105. The SMILES string of the molecule is NC(=O)[C@H]1CCCC[C@H]1NCC(=O)Nc1cc(C(F)(F)F)ccc1N1CCOCC1. The molecule has 2 amide bonds. The van der Waals surface area contributed by atoms with Gasteiger partial charge in [-0.3, -0.25) is 9.59 Å². The molecule has 0 bridgehead atoms. The van der Waals surface area contributed by atoms with Crippen LogP contribution in [0.25, 0.3) is 0 Å². The van der Waals surface area contributed by atoms with Crippen molar-refractivity contribution in [3.05, 3.63) is 23.8 Å². The minimum atomic E-state index is -4.52. The molecule has 166 valence electrons. The fourth-order valence-electron chi connectivity index (χ4n) is 4.03. The molecule has 1 saturated carbocycles. The third-order valence-electron chi connectivity index (χ3n) is 5.61. The van der Waals surface area contributed by atoms with Crippen molar-refractivity contribution in [1.82, 2.24) is 5.32 Å². The Kier molecular flexibility index (Phi) is 7.19. The Bertz CT molecular complexity index is 766. The lowest BCUT2D eigenvalue weighted by atomic mass is 9.84. The Morgan fingerprint density at radius 1 is 1.17 bits per heavy atom. The maximum atomic E-state index is 13.2. The first-order valence-electron chi connectivity index (χ1n) is 10.1. The molecule has 1 saturated heterocycles. The van der Waals surface area contributed by atoms with Crippen molar-refractivity contribution in [1.29, 1.82) is 0 Å². The third kappa shape index (κ3) is 5.63. The van der Waals surface area contributed by atoms with E-state index in [0.717, 1.165) is 31.4 Å². The Balaban J connectivity index is 1.71. The van der Waals surface area contributed by atoms with Crippen LogP contribution in [0.3, 0.4) is 0 Å². The van der Waals surface area contributed by atoms with Gasteiger partial charge in [0.15, 0.2) is 0 Å². The second-order valence-electron chi connectivity index (χ2n) is 7.66. The van der Waals surface area contributed by atoms with E-state index in [1.54, 1.807) is 0 Å². The fourth-order valence-corrected chi connectivity index (χ4v) is 4.03. The van der Waals surface area contributed by atoms with Crippen LogP contribution in [0.1, 0.15) is 31.2 Å². The molecule has 1 aliphatic carbocycles. The molecule has 3 rings (SSSR count). The summed E-state index contributed by atoms with van der Waals surface area (Å²) in [5.41, 5.74) is 5.24. The van der Waals surface area contributed by atoms with E-state index < -0.39 is 23.6 Å². The topological polar surface area (TPSA) is 96.7 Å². The summed E-state index contributed by atoms with van der Waals surface area (Å²) in [6, 6.07) is 3.14. The highest BCUT2D eigenvalue weighted by Gasteiger charge is 2.32. The second-order valence-corrected chi connectivity index (χ2v) is 7.66. The Labute approximate surface area is 173 Å². The molecule has 30 heavy (non-hydrogen) atoms. The smallest absolute Gasteiger partial charge is 0.378 e. The summed E-state index contributed by atoms with van der Waals surface area (Å²) in [5.74, 6) is -1.22. The van der Waals surface area contributed by atoms with Crippen molar-refractivity contribution in [3.8, 4) is 0 Å². The molecule has 2 atom stereocenters. The summed E-state index contributed by atoms with van der Waals surface area (Å²) < 4.78 is 44.9. The lowest BCUT2D eigenvalue weighted by Crippen LogP contribution is -2.47. The number of primary amides is 1. The fraction of sp³-hybridized carbons (Fsp3) is 0.600. The predicted molar refractivity (Wildman–Crippen MR) is 106 cm³/mol. The van der Waals surface area contributed by atoms with Gasteiger partial charge in [-0.25, -0.2) is 0 Å². The summed E-state index contributed by atoms with van der Waals surface area (Å²) in [5, 5.41) is 5.65. The molecule has 1 aromatic carbocycles. The highest BCUT2D eigenvalue weighted by molar-refractivity contribution is 5.96. The first-order valence-corrected chi connectivity index (χ1v) is 10.1. The number of nitrogens with two attached hydrogens (primary N) is 1. The molecule has 0 spiro atoms. The number of carbonyl (C=O) groups is 2. The summed E-state index contributed by atoms with van der Waals surface area (Å²) in [4.78, 5) is 26.0. The van der Waals surface area contributed by atoms with Crippen LogP contribution < -0.4 is 21.3 Å². The van der Waals surface area contributed by atoms with Gasteiger partial charge in [-0.05, 0) is 31.0 Å². The van der Waals surface area contributed by atoms with Gasteiger partial charge in [0.25, 0.3) is 0 Å². The average Bonchev–Trinajstić information content (AvgIpc) is 2.72. The second kappa shape index (κ2) is 9.65. The monoisotopic (exact) mass is 428 g/mol. The van der Waals surface area contributed by atoms with Crippen molar-refractivity contribution in [2.75, 3.05) is 43.1 Å². The van der Waals surface area contributed by atoms with E-state index in [9.17, 15) is 22.8 Å². The van der Waals surface area contributed by atoms with Crippen molar-refractivity contribution >= 4 is 23.2 Å². The van der Waals surface area contributed by atoms with Crippen LogP contribution in [0, 0.1) is 5.92 Å². The number of carbonyl (C=O) groups excluding carboxylic acids is 2. The number of alkyl halides is 3. The van der Waals surface area contributed by atoms with Gasteiger partial charge in [-0.1, -0.05) is 12.8 Å². The molecule has 1 aliphatic heterocycles. The molecule has 1 aromatic rings. The first-order chi connectivity index (χ1) is 14.3. The molecule has 2 fully saturated rings. The largest absolute Gasteiger partial charge is 0.416 e. The van der Waals surface area contributed by atoms with E-state index in [-0.39, 0.29) is 24.2 Å². The van der Waals surface area contributed by atoms with Crippen LogP contribution in [-0.2, 0) is 20.5 Å². The van der Waals surface area contributed by atoms with E-state index >= 15 is 0 Å². The molecular formula is C20H27F3N4O3. The first kappa shape index (κ1) is 22.4. The van der Waals surface area contributed by atoms with Gasteiger partial charge in [0.2, 0.25) is 11.8 Å². The summed E-state index contributed by atoms with van der Waals surface area (Å²) >= 11 is 0. The number of ether oxygens (including phenoxy) is 1. The van der Waals surface area contributed by atoms with E-state index in [0.29, 0.717) is 38.4 Å². The van der Waals surface area contributed by atoms with E-state index in [1.165, 1.54) is 6.07 Å². The van der Waals surface area contributed by atoms with Crippen molar-refractivity contribution < 1.29 is 27.5 Å². The molecule has 7 nitrogen and oxygen atoms in total. The molecular weight excluding hydrogens is 401 g/mol. The van der Waals surface area contributed by atoms with Crippen LogP contribution in [-0.4, -0.2) is 50.7 Å². The van der Waals surface area contributed by atoms with Gasteiger partial charge >= 0.3 is 6.18 Å². The Morgan fingerprint density at radius 3 is 2.53 bits per heavy atom. The minimum Gasteiger partial charge on any atom is -0.378 e. The zero-order valence-electron chi connectivity index (χ0n) is 16.6. The lowest BCUT2D eigenvalue weighted by molar-refractivity contribution is -0.137. The molecule has 0 unspecified atom stereocenters. The highest BCUT2D eigenvalue weighted by atomic mass is 19.4. The van der Waals surface area contributed by atoms with E-state index in [4.69, 9.17) is 10.5 Å². The number of nitrogens with zero attached hydrogens (tertiary/aromatic N) is 1. The Morgan fingerprint density at radius 2 is 1.87 bits per heavy atom. The molecule has 10 heteroatoms. The summed E-state index contributed by atoms with van der Waals surface area (Å²) in [6.07, 6.45) is -1.28. The number of nitrogens with one attached hydrogen (secondary N) is 2. The van der Waals surface area contributed by atoms with Crippen LogP contribution in [0.15, 0.2) is 18.2 Å². The zero-order valence-corrected chi connectivity index (χ0v) is 16.6. The number of anilines is 2. The van der Waals surface area contributed by atoms with Crippen LogP contribution >= 0.6 is 0 Å². The summed E-state index contributed by atoms with van der Waals surface area (Å²) in [7, 11) is 0. The molecule has 1 heterocycles. The average molecular weight is 428 g/mol. The van der Waals surface area contributed by atoms with Gasteiger partial charge in [-0.2, -0.15) is 13.2 Å². The predicted octanol–water partition coefficient (Wildman–Crippen LogP) is 2.11. The number of benzene rings is 1. The van der Waals surface area contributed by atoms with Gasteiger partial charge in [-0.15, -0.1) is 0 Å².